The van der Waals surface area contributed by atoms with Crippen molar-refractivity contribution in [2.45, 2.75) is 32.7 Å². The smallest absolute Gasteiger partial charge is 0.131 e. The molecule has 1 atom stereocenters. The summed E-state index contributed by atoms with van der Waals surface area (Å²) in [6.07, 6.45) is 1.56. The van der Waals surface area contributed by atoms with Gasteiger partial charge in [0.25, 0.3) is 0 Å². The molecular weight excluding hydrogens is 280 g/mol. The highest BCUT2D eigenvalue weighted by molar-refractivity contribution is 7.05. The molecular formula is C14H17F2N3S. The first kappa shape index (κ1) is 15.0. The van der Waals surface area contributed by atoms with Crippen molar-refractivity contribution in [2.75, 3.05) is 6.54 Å². The first-order valence-electron chi connectivity index (χ1n) is 6.67. The number of hydrogen-bond acceptors (Lipinski definition) is 4. The maximum atomic E-state index is 14.0. The Balaban J connectivity index is 2.47. The molecule has 3 nitrogen and oxygen atoms in total. The molecule has 0 aliphatic heterocycles. The molecule has 1 aromatic heterocycles. The van der Waals surface area contributed by atoms with Gasteiger partial charge in [-0.3, -0.25) is 0 Å². The van der Waals surface area contributed by atoms with E-state index in [4.69, 9.17) is 0 Å². The minimum atomic E-state index is -0.547. The van der Waals surface area contributed by atoms with Crippen molar-refractivity contribution in [3.05, 3.63) is 46.0 Å². The number of aryl methyl sites for hydroxylation is 1. The SMILES string of the molecule is CCCNC(c1snnc1CC)c1c(F)cccc1F. The van der Waals surface area contributed by atoms with Crippen LogP contribution in [0.4, 0.5) is 8.78 Å². The minimum Gasteiger partial charge on any atom is -0.305 e. The maximum Gasteiger partial charge on any atom is 0.131 e. The molecule has 2 aromatic rings. The summed E-state index contributed by atoms with van der Waals surface area (Å²) in [7, 11) is 0. The lowest BCUT2D eigenvalue weighted by Gasteiger charge is -2.19. The predicted molar refractivity (Wildman–Crippen MR) is 75.8 cm³/mol. The van der Waals surface area contributed by atoms with E-state index >= 15 is 0 Å². The van der Waals surface area contributed by atoms with Crippen molar-refractivity contribution < 1.29 is 8.78 Å². The first-order chi connectivity index (χ1) is 9.69. The van der Waals surface area contributed by atoms with Crippen LogP contribution in [0, 0.1) is 11.6 Å². The van der Waals surface area contributed by atoms with Crippen molar-refractivity contribution in [2.24, 2.45) is 0 Å². The molecule has 0 spiro atoms. The van der Waals surface area contributed by atoms with Crippen LogP contribution in [-0.2, 0) is 6.42 Å². The van der Waals surface area contributed by atoms with Gasteiger partial charge in [0.15, 0.2) is 0 Å². The Morgan fingerprint density at radius 1 is 1.25 bits per heavy atom. The fraction of sp³-hybridized carbons (Fsp3) is 0.429. The first-order valence-corrected chi connectivity index (χ1v) is 7.44. The molecule has 1 unspecified atom stereocenters. The summed E-state index contributed by atoms with van der Waals surface area (Å²) in [4.78, 5) is 0.782. The normalized spacial score (nSPS) is 12.6. The quantitative estimate of drug-likeness (QED) is 0.887. The summed E-state index contributed by atoms with van der Waals surface area (Å²) in [5, 5.41) is 7.23. The number of nitrogens with zero attached hydrogens (tertiary/aromatic N) is 2. The lowest BCUT2D eigenvalue weighted by Crippen LogP contribution is -2.25. The van der Waals surface area contributed by atoms with Crippen LogP contribution < -0.4 is 5.32 Å². The van der Waals surface area contributed by atoms with E-state index in [-0.39, 0.29) is 5.56 Å². The number of aromatic nitrogens is 2. The van der Waals surface area contributed by atoms with Crippen molar-refractivity contribution in [3.8, 4) is 0 Å². The van der Waals surface area contributed by atoms with Gasteiger partial charge in [0, 0.05) is 5.56 Å². The highest BCUT2D eigenvalue weighted by Crippen LogP contribution is 2.30. The van der Waals surface area contributed by atoms with Crippen molar-refractivity contribution in [1.29, 1.82) is 0 Å². The molecule has 0 aliphatic rings. The van der Waals surface area contributed by atoms with Crippen LogP contribution in [0.2, 0.25) is 0 Å². The van der Waals surface area contributed by atoms with Gasteiger partial charge in [-0.05, 0) is 43.1 Å². The summed E-state index contributed by atoms with van der Waals surface area (Å²) in [6, 6.07) is 3.39. The van der Waals surface area contributed by atoms with Crippen molar-refractivity contribution in [3.63, 3.8) is 0 Å². The second-order valence-corrected chi connectivity index (χ2v) is 5.25. The number of nitrogens with one attached hydrogen (secondary N) is 1. The van der Waals surface area contributed by atoms with E-state index in [2.05, 4.69) is 14.9 Å². The topological polar surface area (TPSA) is 37.8 Å². The number of rotatable bonds is 6. The van der Waals surface area contributed by atoms with E-state index in [9.17, 15) is 8.78 Å². The summed E-state index contributed by atoms with van der Waals surface area (Å²) in [6.45, 7) is 4.63. The summed E-state index contributed by atoms with van der Waals surface area (Å²) in [5.41, 5.74) is 0.827. The molecule has 20 heavy (non-hydrogen) atoms. The van der Waals surface area contributed by atoms with Gasteiger partial charge in [0.05, 0.1) is 16.6 Å². The van der Waals surface area contributed by atoms with Gasteiger partial charge < -0.3 is 5.32 Å². The molecule has 0 saturated carbocycles. The third-order valence-corrected chi connectivity index (χ3v) is 3.90. The van der Waals surface area contributed by atoms with Gasteiger partial charge in [-0.15, -0.1) is 5.10 Å². The predicted octanol–water partition coefficient (Wildman–Crippen LogP) is 3.47. The zero-order valence-electron chi connectivity index (χ0n) is 11.5. The number of hydrogen-bond donors (Lipinski definition) is 1. The molecule has 0 aliphatic carbocycles. The molecule has 2 rings (SSSR count). The molecule has 0 saturated heterocycles. The molecule has 6 heteroatoms. The molecule has 0 radical (unpaired) electrons. The Morgan fingerprint density at radius 3 is 2.55 bits per heavy atom. The summed E-state index contributed by atoms with van der Waals surface area (Å²) in [5.74, 6) is -1.09. The molecule has 1 aromatic carbocycles. The monoisotopic (exact) mass is 297 g/mol. The third kappa shape index (κ3) is 3.02. The second kappa shape index (κ2) is 6.85. The molecule has 108 valence electrons. The van der Waals surface area contributed by atoms with E-state index < -0.39 is 17.7 Å². The molecule has 1 heterocycles. The average Bonchev–Trinajstić information content (AvgIpc) is 2.90. The second-order valence-electron chi connectivity index (χ2n) is 4.46. The Bertz CT molecular complexity index is 551. The summed E-state index contributed by atoms with van der Waals surface area (Å²) >= 11 is 1.19. The molecule has 0 amide bonds. The highest BCUT2D eigenvalue weighted by Gasteiger charge is 2.25. The van der Waals surface area contributed by atoms with Crippen LogP contribution >= 0.6 is 11.5 Å². The number of benzene rings is 1. The van der Waals surface area contributed by atoms with Crippen LogP contribution in [0.25, 0.3) is 0 Å². The Kier molecular flexibility index (Phi) is 5.14. The van der Waals surface area contributed by atoms with Crippen LogP contribution in [-0.4, -0.2) is 16.1 Å². The van der Waals surface area contributed by atoms with E-state index in [1.54, 1.807) is 0 Å². The van der Waals surface area contributed by atoms with Gasteiger partial charge in [-0.2, -0.15) is 0 Å². The van der Waals surface area contributed by atoms with Crippen LogP contribution in [0.15, 0.2) is 18.2 Å². The standard InChI is InChI=1S/C14H17F2N3S/c1-3-8-17-13(14-11(4-2)18-19-20-14)12-9(15)6-5-7-10(12)16/h5-7,13,17H,3-4,8H2,1-2H3. The highest BCUT2D eigenvalue weighted by atomic mass is 32.1. The fourth-order valence-corrected chi connectivity index (χ4v) is 2.91. The van der Waals surface area contributed by atoms with Gasteiger partial charge in [0.2, 0.25) is 0 Å². The zero-order valence-corrected chi connectivity index (χ0v) is 12.3. The minimum absolute atomic E-state index is 0.0432. The summed E-state index contributed by atoms with van der Waals surface area (Å²) < 4.78 is 32.0. The lowest BCUT2D eigenvalue weighted by atomic mass is 10.0. The maximum absolute atomic E-state index is 14.0. The van der Waals surface area contributed by atoms with Crippen molar-refractivity contribution in [1.82, 2.24) is 14.9 Å². The molecule has 0 fully saturated rings. The Labute approximate surface area is 121 Å². The largest absolute Gasteiger partial charge is 0.305 e. The van der Waals surface area contributed by atoms with E-state index in [0.29, 0.717) is 13.0 Å². The van der Waals surface area contributed by atoms with E-state index in [1.807, 2.05) is 13.8 Å². The third-order valence-electron chi connectivity index (χ3n) is 3.07. The number of halogens is 2. The van der Waals surface area contributed by atoms with Crippen LogP contribution in [0.1, 0.15) is 42.4 Å². The lowest BCUT2D eigenvalue weighted by molar-refractivity contribution is 0.504. The van der Waals surface area contributed by atoms with Gasteiger partial charge in [-0.1, -0.05) is 24.4 Å². The molecule has 1 N–H and O–H groups in total. The van der Waals surface area contributed by atoms with Crippen LogP contribution in [0.3, 0.4) is 0 Å². The van der Waals surface area contributed by atoms with Crippen molar-refractivity contribution >= 4 is 11.5 Å². The average molecular weight is 297 g/mol. The van der Waals surface area contributed by atoms with Gasteiger partial charge in [-0.25, -0.2) is 8.78 Å². The Morgan fingerprint density at radius 2 is 1.95 bits per heavy atom. The van der Waals surface area contributed by atoms with Crippen LogP contribution in [0.5, 0.6) is 0 Å². The molecule has 0 bridgehead atoms. The fourth-order valence-electron chi connectivity index (χ4n) is 2.08. The van der Waals surface area contributed by atoms with E-state index in [0.717, 1.165) is 17.0 Å². The Hall–Kier alpha value is -1.40. The van der Waals surface area contributed by atoms with Gasteiger partial charge in [0.1, 0.15) is 11.6 Å². The van der Waals surface area contributed by atoms with E-state index in [1.165, 1.54) is 29.7 Å². The van der Waals surface area contributed by atoms with Gasteiger partial charge >= 0.3 is 0 Å². The zero-order chi connectivity index (χ0) is 14.5.